The first kappa shape index (κ1) is 11.8. The smallest absolute Gasteiger partial charge is 0.269 e. The highest BCUT2D eigenvalue weighted by Crippen LogP contribution is 2.18. The Kier molecular flexibility index (Phi) is 3.38. The van der Waals surface area contributed by atoms with Crippen molar-refractivity contribution in [2.45, 2.75) is 6.61 Å². The molecule has 0 aliphatic heterocycles. The summed E-state index contributed by atoms with van der Waals surface area (Å²) in [4.78, 5) is 20.4. The fourth-order valence-electron chi connectivity index (χ4n) is 1.35. The Balaban J connectivity index is 1.97. The van der Waals surface area contributed by atoms with Crippen molar-refractivity contribution in [3.05, 3.63) is 58.0 Å². The molecule has 0 saturated heterocycles. The first-order valence-corrected chi connectivity index (χ1v) is 5.10. The molecule has 0 unspecified atom stereocenters. The monoisotopic (exact) mass is 247 g/mol. The number of nitrogens with zero attached hydrogens (tertiary/aromatic N) is 1. The second-order valence-corrected chi connectivity index (χ2v) is 3.46. The molecular formula is C12H9NO5. The summed E-state index contributed by atoms with van der Waals surface area (Å²) >= 11 is 0. The quantitative estimate of drug-likeness (QED) is 0.460. The molecule has 1 aromatic carbocycles. The van der Waals surface area contributed by atoms with Gasteiger partial charge in [0.05, 0.1) is 4.92 Å². The van der Waals surface area contributed by atoms with E-state index in [4.69, 9.17) is 9.15 Å². The average Bonchev–Trinajstić information content (AvgIpc) is 2.85. The van der Waals surface area contributed by atoms with Crippen molar-refractivity contribution in [2.24, 2.45) is 0 Å². The molecule has 0 bridgehead atoms. The molecule has 0 saturated carbocycles. The second kappa shape index (κ2) is 5.13. The summed E-state index contributed by atoms with van der Waals surface area (Å²) in [5, 5.41) is 10.4. The van der Waals surface area contributed by atoms with E-state index in [1.54, 1.807) is 12.1 Å². The van der Waals surface area contributed by atoms with Crippen LogP contribution in [0.3, 0.4) is 0 Å². The summed E-state index contributed by atoms with van der Waals surface area (Å²) in [5.41, 5.74) is 0.00332. The third kappa shape index (κ3) is 2.73. The Morgan fingerprint density at radius 3 is 2.50 bits per heavy atom. The number of carbonyl (C=O) groups is 1. The number of benzene rings is 1. The van der Waals surface area contributed by atoms with E-state index >= 15 is 0 Å². The van der Waals surface area contributed by atoms with Crippen LogP contribution in [-0.2, 0) is 6.61 Å². The number of nitro benzene ring substituents is 1. The molecule has 0 radical (unpaired) electrons. The van der Waals surface area contributed by atoms with Crippen LogP contribution in [0, 0.1) is 10.1 Å². The predicted molar refractivity (Wildman–Crippen MR) is 61.5 cm³/mol. The molecular weight excluding hydrogens is 238 g/mol. The van der Waals surface area contributed by atoms with Gasteiger partial charge in [0.1, 0.15) is 18.1 Å². The van der Waals surface area contributed by atoms with Crippen LogP contribution in [0.15, 0.2) is 40.8 Å². The van der Waals surface area contributed by atoms with Gasteiger partial charge < -0.3 is 9.15 Å². The molecule has 1 aromatic heterocycles. The summed E-state index contributed by atoms with van der Waals surface area (Å²) in [6.45, 7) is 0.158. The van der Waals surface area contributed by atoms with E-state index in [0.717, 1.165) is 0 Å². The number of aldehydes is 1. The fourth-order valence-corrected chi connectivity index (χ4v) is 1.35. The highest BCUT2D eigenvalue weighted by atomic mass is 16.6. The van der Waals surface area contributed by atoms with Gasteiger partial charge in [0.15, 0.2) is 12.0 Å². The minimum absolute atomic E-state index is 0.00332. The van der Waals surface area contributed by atoms with E-state index in [1.165, 1.54) is 24.3 Å². The Morgan fingerprint density at radius 1 is 1.22 bits per heavy atom. The minimum Gasteiger partial charge on any atom is -0.486 e. The Bertz CT molecular complexity index is 558. The van der Waals surface area contributed by atoms with Crippen molar-refractivity contribution >= 4 is 12.0 Å². The van der Waals surface area contributed by atoms with Gasteiger partial charge in [0.2, 0.25) is 0 Å². The third-order valence-electron chi connectivity index (χ3n) is 2.23. The van der Waals surface area contributed by atoms with Gasteiger partial charge in [0, 0.05) is 12.1 Å². The molecule has 2 rings (SSSR count). The normalized spacial score (nSPS) is 10.0. The molecule has 2 aromatic rings. The molecule has 0 N–H and O–H groups in total. The molecule has 6 nitrogen and oxygen atoms in total. The number of carbonyl (C=O) groups excluding carboxylic acids is 1. The van der Waals surface area contributed by atoms with Gasteiger partial charge in [-0.2, -0.15) is 0 Å². The van der Waals surface area contributed by atoms with E-state index in [-0.39, 0.29) is 18.1 Å². The van der Waals surface area contributed by atoms with E-state index in [9.17, 15) is 14.9 Å². The van der Waals surface area contributed by atoms with E-state index in [0.29, 0.717) is 17.8 Å². The van der Waals surface area contributed by atoms with E-state index in [2.05, 4.69) is 0 Å². The van der Waals surface area contributed by atoms with Gasteiger partial charge in [-0.1, -0.05) is 0 Å². The molecule has 92 valence electrons. The minimum atomic E-state index is -0.479. The lowest BCUT2D eigenvalue weighted by Crippen LogP contribution is -1.94. The van der Waals surface area contributed by atoms with Crippen LogP contribution in [-0.4, -0.2) is 11.2 Å². The van der Waals surface area contributed by atoms with Crippen molar-refractivity contribution in [3.8, 4) is 5.75 Å². The molecule has 0 aliphatic carbocycles. The molecule has 0 spiro atoms. The number of ether oxygens (including phenoxy) is 1. The van der Waals surface area contributed by atoms with Crippen LogP contribution in [0.2, 0.25) is 0 Å². The van der Waals surface area contributed by atoms with Crippen LogP contribution in [0.25, 0.3) is 0 Å². The number of nitro groups is 1. The standard InChI is InChI=1S/C12H9NO5/c14-7-11-5-6-12(18-11)8-17-10-3-1-9(2-4-10)13(15)16/h1-7H,8H2. The van der Waals surface area contributed by atoms with Crippen LogP contribution in [0.5, 0.6) is 5.75 Å². The lowest BCUT2D eigenvalue weighted by molar-refractivity contribution is -0.384. The van der Waals surface area contributed by atoms with Gasteiger partial charge in [-0.25, -0.2) is 0 Å². The lowest BCUT2D eigenvalue weighted by atomic mass is 10.3. The second-order valence-electron chi connectivity index (χ2n) is 3.46. The van der Waals surface area contributed by atoms with Crippen LogP contribution >= 0.6 is 0 Å². The maximum absolute atomic E-state index is 10.4. The van der Waals surface area contributed by atoms with Crippen molar-refractivity contribution in [1.29, 1.82) is 0 Å². The zero-order valence-corrected chi connectivity index (χ0v) is 9.24. The fraction of sp³-hybridized carbons (Fsp3) is 0.0833. The summed E-state index contributed by atoms with van der Waals surface area (Å²) in [7, 11) is 0. The van der Waals surface area contributed by atoms with E-state index < -0.39 is 4.92 Å². The highest BCUT2D eigenvalue weighted by Gasteiger charge is 2.05. The number of furan rings is 1. The molecule has 0 atom stereocenters. The highest BCUT2D eigenvalue weighted by molar-refractivity contribution is 5.70. The molecule has 18 heavy (non-hydrogen) atoms. The van der Waals surface area contributed by atoms with Crippen LogP contribution in [0.1, 0.15) is 16.3 Å². The SMILES string of the molecule is O=Cc1ccc(COc2ccc([N+](=O)[O-])cc2)o1. The number of hydrogen-bond donors (Lipinski definition) is 0. The Morgan fingerprint density at radius 2 is 1.94 bits per heavy atom. The van der Waals surface area contributed by atoms with E-state index in [1.807, 2.05) is 0 Å². The number of hydrogen-bond acceptors (Lipinski definition) is 5. The lowest BCUT2D eigenvalue weighted by Gasteiger charge is -2.03. The Hall–Kier alpha value is -2.63. The Labute approximate surface area is 102 Å². The van der Waals surface area contributed by atoms with Crippen molar-refractivity contribution in [2.75, 3.05) is 0 Å². The molecule has 0 amide bonds. The zero-order chi connectivity index (χ0) is 13.0. The zero-order valence-electron chi connectivity index (χ0n) is 9.24. The summed E-state index contributed by atoms with van der Waals surface area (Å²) < 4.78 is 10.5. The van der Waals surface area contributed by atoms with Gasteiger partial charge in [0.25, 0.3) is 5.69 Å². The maximum atomic E-state index is 10.4. The van der Waals surface area contributed by atoms with Gasteiger partial charge in [-0.3, -0.25) is 14.9 Å². The topological polar surface area (TPSA) is 82.6 Å². The maximum Gasteiger partial charge on any atom is 0.269 e. The summed E-state index contributed by atoms with van der Waals surface area (Å²) in [6, 6.07) is 8.89. The summed E-state index contributed by atoms with van der Waals surface area (Å²) in [5.74, 6) is 1.23. The molecule has 0 fully saturated rings. The van der Waals surface area contributed by atoms with Gasteiger partial charge in [-0.15, -0.1) is 0 Å². The molecule has 0 aliphatic rings. The first-order valence-electron chi connectivity index (χ1n) is 5.10. The number of rotatable bonds is 5. The first-order chi connectivity index (χ1) is 8.69. The third-order valence-corrected chi connectivity index (χ3v) is 2.23. The van der Waals surface area contributed by atoms with Crippen LogP contribution < -0.4 is 4.74 Å². The molecule has 1 heterocycles. The largest absolute Gasteiger partial charge is 0.486 e. The predicted octanol–water partition coefficient (Wildman–Crippen LogP) is 2.58. The van der Waals surface area contributed by atoms with Gasteiger partial charge in [-0.05, 0) is 24.3 Å². The summed E-state index contributed by atoms with van der Waals surface area (Å²) in [6.07, 6.45) is 0.607. The van der Waals surface area contributed by atoms with Crippen molar-refractivity contribution in [1.82, 2.24) is 0 Å². The average molecular weight is 247 g/mol. The van der Waals surface area contributed by atoms with Crippen LogP contribution in [0.4, 0.5) is 5.69 Å². The van der Waals surface area contributed by atoms with Crippen molar-refractivity contribution in [3.63, 3.8) is 0 Å². The van der Waals surface area contributed by atoms with Crippen molar-refractivity contribution < 1.29 is 18.9 Å². The molecule has 6 heteroatoms. The number of non-ortho nitro benzene ring substituents is 1. The van der Waals surface area contributed by atoms with Gasteiger partial charge >= 0.3 is 0 Å².